The first-order chi connectivity index (χ1) is 12.3. The number of phenolic OH excluding ortho intramolecular Hbond substituents is 1. The standard InChI is InChI=1S/C18H13F3N2O2S/c1-8-4-3-5-10(6-8)23-17(25)16-9(2)22-18(26-16)11-7-12(19)14(21)15(24)13(11)20/h3-7,24H,1-2H3,(H,23,25). The number of benzene rings is 2. The van der Waals surface area contributed by atoms with Gasteiger partial charge in [0.25, 0.3) is 5.91 Å². The molecule has 0 unspecified atom stereocenters. The van der Waals surface area contributed by atoms with Crippen molar-refractivity contribution in [2.24, 2.45) is 0 Å². The van der Waals surface area contributed by atoms with Gasteiger partial charge in [-0.05, 0) is 37.6 Å². The van der Waals surface area contributed by atoms with E-state index < -0.39 is 34.7 Å². The summed E-state index contributed by atoms with van der Waals surface area (Å²) in [4.78, 5) is 16.7. The van der Waals surface area contributed by atoms with E-state index in [0.717, 1.165) is 16.9 Å². The fourth-order valence-corrected chi connectivity index (χ4v) is 3.35. The van der Waals surface area contributed by atoms with Crippen LogP contribution in [0.5, 0.6) is 5.75 Å². The van der Waals surface area contributed by atoms with Crippen molar-refractivity contribution < 1.29 is 23.1 Å². The lowest BCUT2D eigenvalue weighted by Gasteiger charge is -2.05. The quantitative estimate of drug-likeness (QED) is 0.644. The van der Waals surface area contributed by atoms with E-state index in [1.807, 2.05) is 13.0 Å². The first kappa shape index (κ1) is 17.9. The summed E-state index contributed by atoms with van der Waals surface area (Å²) >= 11 is 0.818. The van der Waals surface area contributed by atoms with Gasteiger partial charge in [0, 0.05) is 5.69 Å². The Labute approximate surface area is 151 Å². The van der Waals surface area contributed by atoms with Gasteiger partial charge in [0.1, 0.15) is 9.88 Å². The molecular formula is C18H13F3N2O2S. The average Bonchev–Trinajstić information content (AvgIpc) is 2.98. The van der Waals surface area contributed by atoms with Crippen molar-refractivity contribution in [3.05, 3.63) is 63.9 Å². The fourth-order valence-electron chi connectivity index (χ4n) is 2.38. The summed E-state index contributed by atoms with van der Waals surface area (Å²) in [5.41, 5.74) is 1.44. The number of hydrogen-bond donors (Lipinski definition) is 2. The molecule has 2 N–H and O–H groups in total. The fraction of sp³-hybridized carbons (Fsp3) is 0.111. The molecule has 4 nitrogen and oxygen atoms in total. The minimum Gasteiger partial charge on any atom is -0.503 e. The second kappa shape index (κ2) is 6.80. The Morgan fingerprint density at radius 3 is 2.58 bits per heavy atom. The van der Waals surface area contributed by atoms with E-state index in [1.54, 1.807) is 25.1 Å². The first-order valence-corrected chi connectivity index (χ1v) is 8.32. The molecule has 0 fully saturated rings. The monoisotopic (exact) mass is 378 g/mol. The third-order valence-corrected chi connectivity index (χ3v) is 4.83. The highest BCUT2D eigenvalue weighted by molar-refractivity contribution is 7.17. The number of rotatable bonds is 3. The van der Waals surface area contributed by atoms with Crippen molar-refractivity contribution in [1.82, 2.24) is 4.98 Å². The van der Waals surface area contributed by atoms with Crippen LogP contribution in [0, 0.1) is 31.3 Å². The Kier molecular flexibility index (Phi) is 4.69. The van der Waals surface area contributed by atoms with Gasteiger partial charge in [-0.1, -0.05) is 12.1 Å². The average molecular weight is 378 g/mol. The van der Waals surface area contributed by atoms with Crippen LogP contribution in [-0.4, -0.2) is 16.0 Å². The van der Waals surface area contributed by atoms with Crippen LogP contribution in [0.4, 0.5) is 18.9 Å². The Morgan fingerprint density at radius 2 is 1.88 bits per heavy atom. The van der Waals surface area contributed by atoms with Crippen molar-refractivity contribution in [2.45, 2.75) is 13.8 Å². The highest BCUT2D eigenvalue weighted by Gasteiger charge is 2.23. The molecule has 3 rings (SSSR count). The lowest BCUT2D eigenvalue weighted by molar-refractivity contribution is 0.103. The number of nitrogens with one attached hydrogen (secondary N) is 1. The van der Waals surface area contributed by atoms with Crippen LogP contribution in [0.25, 0.3) is 10.6 Å². The Balaban J connectivity index is 1.96. The van der Waals surface area contributed by atoms with Crippen molar-refractivity contribution in [3.8, 4) is 16.3 Å². The number of nitrogens with zero attached hydrogens (tertiary/aromatic N) is 1. The van der Waals surface area contributed by atoms with Crippen LogP contribution in [0.15, 0.2) is 30.3 Å². The van der Waals surface area contributed by atoms with Crippen molar-refractivity contribution >= 4 is 22.9 Å². The predicted molar refractivity (Wildman–Crippen MR) is 93.0 cm³/mol. The molecule has 8 heteroatoms. The van der Waals surface area contributed by atoms with Gasteiger partial charge in [-0.25, -0.2) is 13.8 Å². The summed E-state index contributed by atoms with van der Waals surface area (Å²) < 4.78 is 40.8. The number of anilines is 1. The SMILES string of the molecule is Cc1cccc(NC(=O)c2sc(-c3cc(F)c(F)c(O)c3F)nc2C)c1. The number of amides is 1. The lowest BCUT2D eigenvalue weighted by atomic mass is 10.2. The normalized spacial score (nSPS) is 10.8. The van der Waals surface area contributed by atoms with Gasteiger partial charge in [0.2, 0.25) is 5.82 Å². The van der Waals surface area contributed by atoms with Crippen LogP contribution in [0.2, 0.25) is 0 Å². The zero-order valence-electron chi connectivity index (χ0n) is 13.7. The molecule has 0 saturated heterocycles. The van der Waals surface area contributed by atoms with Gasteiger partial charge in [0.05, 0.1) is 11.3 Å². The van der Waals surface area contributed by atoms with Crippen LogP contribution in [0.3, 0.4) is 0 Å². The van der Waals surface area contributed by atoms with Gasteiger partial charge >= 0.3 is 0 Å². The summed E-state index contributed by atoms with van der Waals surface area (Å²) in [5, 5.41) is 12.0. The summed E-state index contributed by atoms with van der Waals surface area (Å²) in [6, 6.07) is 7.77. The smallest absolute Gasteiger partial charge is 0.267 e. The molecule has 1 aromatic heterocycles. The second-order valence-electron chi connectivity index (χ2n) is 5.64. The van der Waals surface area contributed by atoms with Crippen molar-refractivity contribution in [3.63, 3.8) is 0 Å². The van der Waals surface area contributed by atoms with Crippen LogP contribution < -0.4 is 5.32 Å². The number of aromatic nitrogens is 1. The van der Waals surface area contributed by atoms with E-state index in [1.165, 1.54) is 0 Å². The van der Waals surface area contributed by atoms with Gasteiger partial charge in [-0.15, -0.1) is 11.3 Å². The van der Waals surface area contributed by atoms with Gasteiger partial charge in [0.15, 0.2) is 17.4 Å². The summed E-state index contributed by atoms with van der Waals surface area (Å²) in [6.45, 7) is 3.42. The molecule has 26 heavy (non-hydrogen) atoms. The molecule has 2 aromatic carbocycles. The van der Waals surface area contributed by atoms with E-state index in [9.17, 15) is 23.1 Å². The molecule has 3 aromatic rings. The Morgan fingerprint density at radius 1 is 1.15 bits per heavy atom. The first-order valence-electron chi connectivity index (χ1n) is 7.50. The van der Waals surface area contributed by atoms with E-state index in [-0.39, 0.29) is 9.88 Å². The number of carbonyl (C=O) groups is 1. The van der Waals surface area contributed by atoms with Gasteiger partial charge in [-0.2, -0.15) is 4.39 Å². The summed E-state index contributed by atoms with van der Waals surface area (Å²) in [7, 11) is 0. The molecule has 134 valence electrons. The molecule has 0 saturated carbocycles. The van der Waals surface area contributed by atoms with Crippen LogP contribution >= 0.6 is 11.3 Å². The van der Waals surface area contributed by atoms with Crippen LogP contribution in [-0.2, 0) is 0 Å². The highest BCUT2D eigenvalue weighted by Crippen LogP contribution is 2.35. The predicted octanol–water partition coefficient (Wildman–Crippen LogP) is 4.80. The Hall–Kier alpha value is -2.87. The molecule has 0 aliphatic carbocycles. The van der Waals surface area contributed by atoms with E-state index >= 15 is 0 Å². The molecule has 0 aliphatic heterocycles. The number of hydrogen-bond acceptors (Lipinski definition) is 4. The van der Waals surface area contributed by atoms with Gasteiger partial charge in [-0.3, -0.25) is 4.79 Å². The molecule has 1 amide bonds. The van der Waals surface area contributed by atoms with Crippen molar-refractivity contribution in [1.29, 1.82) is 0 Å². The minimum absolute atomic E-state index is 0.0383. The van der Waals surface area contributed by atoms with E-state index in [2.05, 4.69) is 10.3 Å². The minimum atomic E-state index is -1.67. The molecule has 1 heterocycles. The van der Waals surface area contributed by atoms with E-state index in [4.69, 9.17) is 0 Å². The molecule has 0 aliphatic rings. The summed E-state index contributed by atoms with van der Waals surface area (Å²) in [5.74, 6) is -6.28. The molecule has 0 radical (unpaired) electrons. The molecule has 0 atom stereocenters. The maximum absolute atomic E-state index is 14.1. The second-order valence-corrected chi connectivity index (χ2v) is 6.64. The maximum atomic E-state index is 14.1. The third-order valence-electron chi connectivity index (χ3n) is 3.64. The van der Waals surface area contributed by atoms with Crippen LogP contribution in [0.1, 0.15) is 20.9 Å². The lowest BCUT2D eigenvalue weighted by Crippen LogP contribution is -2.11. The topological polar surface area (TPSA) is 62.2 Å². The molecular weight excluding hydrogens is 365 g/mol. The third kappa shape index (κ3) is 3.28. The number of thiazole rings is 1. The molecule has 0 bridgehead atoms. The summed E-state index contributed by atoms with van der Waals surface area (Å²) in [6.07, 6.45) is 0. The number of aryl methyl sites for hydroxylation is 2. The molecule has 0 spiro atoms. The zero-order valence-corrected chi connectivity index (χ0v) is 14.5. The number of halogens is 3. The van der Waals surface area contributed by atoms with Crippen molar-refractivity contribution in [2.75, 3.05) is 5.32 Å². The van der Waals surface area contributed by atoms with Gasteiger partial charge < -0.3 is 10.4 Å². The largest absolute Gasteiger partial charge is 0.503 e. The Bertz CT molecular complexity index is 1020. The maximum Gasteiger partial charge on any atom is 0.267 e. The number of aromatic hydroxyl groups is 1. The highest BCUT2D eigenvalue weighted by atomic mass is 32.1. The van der Waals surface area contributed by atoms with E-state index in [0.29, 0.717) is 17.4 Å². The number of phenols is 1. The number of carbonyl (C=O) groups excluding carboxylic acids is 1. The zero-order chi connectivity index (χ0) is 19.0.